The highest BCUT2D eigenvalue weighted by molar-refractivity contribution is 14.1. The molecule has 0 aliphatic carbocycles. The predicted molar refractivity (Wildman–Crippen MR) is 85.4 cm³/mol. The Kier molecular flexibility index (Phi) is 4.57. The zero-order valence-corrected chi connectivity index (χ0v) is 13.1. The molecular formula is C14H16IN3O. The zero-order chi connectivity index (χ0) is 13.8. The van der Waals surface area contributed by atoms with Crippen molar-refractivity contribution >= 4 is 28.4 Å². The molecule has 0 radical (unpaired) electrons. The number of hydrogen-bond acceptors (Lipinski definition) is 4. The Morgan fingerprint density at radius 3 is 2.47 bits per heavy atom. The lowest BCUT2D eigenvalue weighted by molar-refractivity contribution is 0.475. The maximum Gasteiger partial charge on any atom is 0.161 e. The highest BCUT2D eigenvalue weighted by Crippen LogP contribution is 2.25. The number of aryl methyl sites for hydroxylation is 1. The van der Waals surface area contributed by atoms with E-state index in [4.69, 9.17) is 0 Å². The van der Waals surface area contributed by atoms with Crippen molar-refractivity contribution in [2.75, 3.05) is 12.4 Å². The number of aromatic nitrogens is 2. The van der Waals surface area contributed by atoms with Crippen molar-refractivity contribution in [3.63, 3.8) is 0 Å². The highest BCUT2D eigenvalue weighted by atomic mass is 127. The summed E-state index contributed by atoms with van der Waals surface area (Å²) in [5, 5.41) is 12.4. The van der Waals surface area contributed by atoms with Crippen LogP contribution in [0.15, 0.2) is 24.3 Å². The molecular weight excluding hydrogens is 353 g/mol. The van der Waals surface area contributed by atoms with E-state index in [2.05, 4.69) is 44.8 Å². The fourth-order valence-electron chi connectivity index (χ4n) is 1.80. The standard InChI is InChI=1S/C14H16IN3O/c1-3-4-11-12(15)14(16-2)18-13(17-11)9-5-7-10(19)8-6-9/h5-8,19H,3-4H2,1-2H3,(H,16,17,18). The van der Waals surface area contributed by atoms with Gasteiger partial charge in [-0.05, 0) is 53.3 Å². The SMILES string of the molecule is CCCc1nc(-c2ccc(O)cc2)nc(NC)c1I. The molecule has 0 aliphatic rings. The molecule has 0 saturated heterocycles. The monoisotopic (exact) mass is 369 g/mol. The molecule has 0 saturated carbocycles. The average Bonchev–Trinajstić information content (AvgIpc) is 2.42. The van der Waals surface area contributed by atoms with Crippen LogP contribution >= 0.6 is 22.6 Å². The van der Waals surface area contributed by atoms with E-state index in [0.717, 1.165) is 33.5 Å². The molecule has 5 heteroatoms. The fourth-order valence-corrected chi connectivity index (χ4v) is 2.58. The molecule has 0 aliphatic heterocycles. The summed E-state index contributed by atoms with van der Waals surface area (Å²) in [6, 6.07) is 6.95. The second-order valence-corrected chi connectivity index (χ2v) is 5.28. The number of aromatic hydroxyl groups is 1. The third-order valence-electron chi connectivity index (χ3n) is 2.77. The molecule has 0 unspecified atom stereocenters. The number of hydrogen-bond donors (Lipinski definition) is 2. The first-order valence-corrected chi connectivity index (χ1v) is 7.27. The van der Waals surface area contributed by atoms with Gasteiger partial charge in [-0.15, -0.1) is 0 Å². The van der Waals surface area contributed by atoms with Gasteiger partial charge in [0, 0.05) is 12.6 Å². The summed E-state index contributed by atoms with van der Waals surface area (Å²) in [6.07, 6.45) is 1.98. The summed E-state index contributed by atoms with van der Waals surface area (Å²) in [5.41, 5.74) is 1.97. The summed E-state index contributed by atoms with van der Waals surface area (Å²) in [4.78, 5) is 9.15. The van der Waals surface area contributed by atoms with Crippen molar-refractivity contribution in [1.29, 1.82) is 0 Å². The zero-order valence-electron chi connectivity index (χ0n) is 10.9. The molecule has 4 nitrogen and oxygen atoms in total. The van der Waals surface area contributed by atoms with E-state index in [1.165, 1.54) is 0 Å². The number of anilines is 1. The van der Waals surface area contributed by atoms with Crippen molar-refractivity contribution < 1.29 is 5.11 Å². The number of phenolic OH excluding ortho intramolecular Hbond substituents is 1. The number of nitrogens with one attached hydrogen (secondary N) is 1. The number of rotatable bonds is 4. The Morgan fingerprint density at radius 2 is 1.89 bits per heavy atom. The summed E-state index contributed by atoms with van der Waals surface area (Å²) in [7, 11) is 1.86. The molecule has 0 fully saturated rings. The number of phenols is 1. The second kappa shape index (κ2) is 6.18. The first-order chi connectivity index (χ1) is 9.15. The van der Waals surface area contributed by atoms with Crippen molar-refractivity contribution in [3.8, 4) is 17.1 Å². The second-order valence-electron chi connectivity index (χ2n) is 4.20. The van der Waals surface area contributed by atoms with Gasteiger partial charge in [-0.3, -0.25) is 0 Å². The maximum atomic E-state index is 9.33. The van der Waals surface area contributed by atoms with Crippen LogP contribution in [0.1, 0.15) is 19.0 Å². The van der Waals surface area contributed by atoms with Crippen LogP contribution < -0.4 is 5.32 Å². The van der Waals surface area contributed by atoms with Gasteiger partial charge in [0.05, 0.1) is 9.26 Å². The van der Waals surface area contributed by atoms with Crippen LogP contribution in [0.25, 0.3) is 11.4 Å². The van der Waals surface area contributed by atoms with E-state index in [9.17, 15) is 5.11 Å². The molecule has 0 bridgehead atoms. The van der Waals surface area contributed by atoms with Gasteiger partial charge in [0.1, 0.15) is 11.6 Å². The van der Waals surface area contributed by atoms with Crippen molar-refractivity contribution in [1.82, 2.24) is 9.97 Å². The van der Waals surface area contributed by atoms with E-state index in [1.807, 2.05) is 19.2 Å². The number of halogens is 1. The first-order valence-electron chi connectivity index (χ1n) is 6.19. The van der Waals surface area contributed by atoms with E-state index in [0.29, 0.717) is 5.82 Å². The van der Waals surface area contributed by atoms with Gasteiger partial charge < -0.3 is 10.4 Å². The quantitative estimate of drug-likeness (QED) is 0.811. The van der Waals surface area contributed by atoms with Crippen molar-refractivity contribution in [3.05, 3.63) is 33.5 Å². The largest absolute Gasteiger partial charge is 0.508 e. The van der Waals surface area contributed by atoms with Crippen LogP contribution in [0.3, 0.4) is 0 Å². The number of benzene rings is 1. The van der Waals surface area contributed by atoms with Crippen molar-refractivity contribution in [2.24, 2.45) is 0 Å². The summed E-state index contributed by atoms with van der Waals surface area (Å²) in [5.74, 6) is 1.78. The van der Waals surface area contributed by atoms with Crippen LogP contribution in [0.2, 0.25) is 0 Å². The minimum absolute atomic E-state index is 0.247. The van der Waals surface area contributed by atoms with Crippen molar-refractivity contribution in [2.45, 2.75) is 19.8 Å². The Morgan fingerprint density at radius 1 is 1.21 bits per heavy atom. The molecule has 2 rings (SSSR count). The Bertz CT molecular complexity index is 570. The lowest BCUT2D eigenvalue weighted by Gasteiger charge is -2.10. The lowest BCUT2D eigenvalue weighted by atomic mass is 10.2. The van der Waals surface area contributed by atoms with E-state index in [-0.39, 0.29) is 5.75 Å². The highest BCUT2D eigenvalue weighted by Gasteiger charge is 2.12. The molecule has 2 aromatic rings. The Balaban J connectivity index is 2.51. The molecule has 1 aromatic heterocycles. The van der Waals surface area contributed by atoms with Crippen LogP contribution in [0, 0.1) is 3.57 Å². The third-order valence-corrected chi connectivity index (χ3v) is 3.90. The Labute approximate surface area is 126 Å². The summed E-state index contributed by atoms with van der Waals surface area (Å²) in [6.45, 7) is 2.14. The predicted octanol–water partition coefficient (Wildman–Crippen LogP) is 3.45. The van der Waals surface area contributed by atoms with Crippen LogP contribution in [0.4, 0.5) is 5.82 Å². The van der Waals surface area contributed by atoms with Crippen LogP contribution in [0.5, 0.6) is 5.75 Å². The molecule has 0 amide bonds. The van der Waals surface area contributed by atoms with Crippen LogP contribution in [-0.4, -0.2) is 22.1 Å². The van der Waals surface area contributed by atoms with Gasteiger partial charge in [0.25, 0.3) is 0 Å². The van der Waals surface area contributed by atoms with Gasteiger partial charge in [0.15, 0.2) is 5.82 Å². The van der Waals surface area contributed by atoms with E-state index in [1.54, 1.807) is 12.1 Å². The third kappa shape index (κ3) is 3.15. The molecule has 1 aromatic carbocycles. The van der Waals surface area contributed by atoms with Gasteiger partial charge in [-0.1, -0.05) is 13.3 Å². The van der Waals surface area contributed by atoms with Crippen LogP contribution in [-0.2, 0) is 6.42 Å². The topological polar surface area (TPSA) is 58.0 Å². The van der Waals surface area contributed by atoms with Gasteiger partial charge in [-0.2, -0.15) is 0 Å². The molecule has 1 heterocycles. The normalized spacial score (nSPS) is 10.5. The van der Waals surface area contributed by atoms with E-state index >= 15 is 0 Å². The van der Waals surface area contributed by atoms with Gasteiger partial charge >= 0.3 is 0 Å². The molecule has 0 spiro atoms. The fraction of sp³-hybridized carbons (Fsp3) is 0.286. The number of nitrogens with zero attached hydrogens (tertiary/aromatic N) is 2. The molecule has 2 N–H and O–H groups in total. The minimum Gasteiger partial charge on any atom is -0.508 e. The lowest BCUT2D eigenvalue weighted by Crippen LogP contribution is -2.05. The summed E-state index contributed by atoms with van der Waals surface area (Å²) < 4.78 is 1.07. The maximum absolute atomic E-state index is 9.33. The smallest absolute Gasteiger partial charge is 0.161 e. The van der Waals surface area contributed by atoms with E-state index < -0.39 is 0 Å². The molecule has 100 valence electrons. The average molecular weight is 369 g/mol. The van der Waals surface area contributed by atoms with Gasteiger partial charge in [-0.25, -0.2) is 9.97 Å². The summed E-state index contributed by atoms with van der Waals surface area (Å²) >= 11 is 2.28. The Hall–Kier alpha value is -1.37. The minimum atomic E-state index is 0.247. The molecule has 0 atom stereocenters. The first kappa shape index (κ1) is 14.0. The van der Waals surface area contributed by atoms with Gasteiger partial charge in [0.2, 0.25) is 0 Å². The molecule has 19 heavy (non-hydrogen) atoms.